The van der Waals surface area contributed by atoms with Crippen LogP contribution in [-0.4, -0.2) is 59.4 Å². The number of piperazine rings is 1. The Kier molecular flexibility index (Phi) is 9.11. The van der Waals surface area contributed by atoms with E-state index in [0.29, 0.717) is 73.7 Å². The lowest BCUT2D eigenvalue weighted by Crippen LogP contribution is -2.56. The first-order chi connectivity index (χ1) is 17.4. The van der Waals surface area contributed by atoms with Crippen molar-refractivity contribution in [1.82, 2.24) is 5.01 Å². The molecule has 1 fully saturated rings. The van der Waals surface area contributed by atoms with Gasteiger partial charge in [-0.1, -0.05) is 41.4 Å². The fourth-order valence-corrected chi connectivity index (χ4v) is 6.36. The van der Waals surface area contributed by atoms with Crippen molar-refractivity contribution in [2.24, 2.45) is 5.73 Å². The maximum atomic E-state index is 14.2. The molecule has 2 N–H and O–H groups in total. The number of hydrogen-bond acceptors (Lipinski definition) is 6. The van der Waals surface area contributed by atoms with Crippen molar-refractivity contribution in [3.8, 4) is 0 Å². The molecule has 1 aliphatic rings. The molecule has 1 saturated heterocycles. The molecule has 0 aliphatic carbocycles. The molecule has 1 heterocycles. The van der Waals surface area contributed by atoms with E-state index in [1.807, 2.05) is 59.6 Å². The highest BCUT2D eigenvalue weighted by molar-refractivity contribution is 7.92. The molecule has 0 atom stereocenters. The molecular weight excluding hydrogens is 519 g/mol. The quantitative estimate of drug-likeness (QED) is 0.377. The number of halogens is 2. The fourth-order valence-electron chi connectivity index (χ4n) is 4.25. The normalized spacial score (nSPS) is 14.7. The van der Waals surface area contributed by atoms with Gasteiger partial charge in [0.15, 0.2) is 0 Å². The minimum absolute atomic E-state index is 0.215. The first kappa shape index (κ1) is 26.7. The minimum atomic E-state index is -3.95. The summed E-state index contributed by atoms with van der Waals surface area (Å²) in [5, 5.41) is 3.05. The summed E-state index contributed by atoms with van der Waals surface area (Å²) < 4.78 is 35.3. The van der Waals surface area contributed by atoms with E-state index in [-0.39, 0.29) is 4.90 Å². The van der Waals surface area contributed by atoms with Gasteiger partial charge in [-0.3, -0.25) is 0 Å². The summed E-state index contributed by atoms with van der Waals surface area (Å²) in [7, 11) is -3.95. The zero-order valence-corrected chi connectivity index (χ0v) is 22.2. The van der Waals surface area contributed by atoms with Crippen LogP contribution in [0.1, 0.15) is 5.56 Å². The lowest BCUT2D eigenvalue weighted by molar-refractivity contribution is 0.144. The number of anilines is 2. The van der Waals surface area contributed by atoms with Crippen LogP contribution >= 0.6 is 23.2 Å². The van der Waals surface area contributed by atoms with Crippen LogP contribution in [0.15, 0.2) is 77.7 Å². The Morgan fingerprint density at radius 1 is 0.861 bits per heavy atom. The topological polar surface area (TPSA) is 79.1 Å². The lowest BCUT2D eigenvalue weighted by Gasteiger charge is -2.42. The van der Waals surface area contributed by atoms with E-state index in [1.165, 1.54) is 4.41 Å². The molecule has 0 radical (unpaired) electrons. The Balaban J connectivity index is 1.63. The molecule has 4 rings (SSSR count). The molecule has 10 heteroatoms. The molecule has 36 heavy (non-hydrogen) atoms. The standard InChI is InChI=1S/C26H30Cl2N4O3S/c27-22-6-9-24(10-7-22)30-14-16-31(17-15-30)32(25-4-2-1-3-5-25)36(33,34)26-11-8-23(28)20-21(26)12-18-35-19-13-29/h1-11,20H,12-19,29H2. The number of nitrogens with zero attached hydrogens (tertiary/aromatic N) is 3. The summed E-state index contributed by atoms with van der Waals surface area (Å²) >= 11 is 12.3. The summed E-state index contributed by atoms with van der Waals surface area (Å²) in [6, 6.07) is 21.7. The first-order valence-electron chi connectivity index (χ1n) is 11.8. The lowest BCUT2D eigenvalue weighted by atomic mass is 10.1. The third-order valence-corrected chi connectivity index (χ3v) is 8.33. The Hall–Kier alpha value is -2.33. The van der Waals surface area contributed by atoms with E-state index in [1.54, 1.807) is 18.2 Å². The van der Waals surface area contributed by atoms with Gasteiger partial charge in [-0.15, -0.1) is 0 Å². The minimum Gasteiger partial charge on any atom is -0.380 e. The van der Waals surface area contributed by atoms with Crippen molar-refractivity contribution in [2.45, 2.75) is 11.3 Å². The maximum Gasteiger partial charge on any atom is 0.278 e. The fraction of sp³-hybridized carbons (Fsp3) is 0.308. The highest BCUT2D eigenvalue weighted by atomic mass is 35.5. The second-order valence-corrected chi connectivity index (χ2v) is 11.0. The van der Waals surface area contributed by atoms with Gasteiger partial charge in [0.05, 0.1) is 23.8 Å². The molecule has 192 valence electrons. The van der Waals surface area contributed by atoms with Crippen LogP contribution in [0, 0.1) is 0 Å². The Labute approximate surface area is 223 Å². The molecule has 3 aromatic carbocycles. The van der Waals surface area contributed by atoms with Crippen LogP contribution in [0.4, 0.5) is 11.4 Å². The van der Waals surface area contributed by atoms with Crippen LogP contribution in [0.2, 0.25) is 10.0 Å². The number of para-hydroxylation sites is 1. The molecule has 0 spiro atoms. The molecule has 3 aromatic rings. The van der Waals surface area contributed by atoms with Crippen molar-refractivity contribution in [2.75, 3.05) is 55.3 Å². The summed E-state index contributed by atoms with van der Waals surface area (Å²) in [5.41, 5.74) is 7.76. The second kappa shape index (κ2) is 12.3. The van der Waals surface area contributed by atoms with Crippen molar-refractivity contribution >= 4 is 44.6 Å². The average Bonchev–Trinajstić information content (AvgIpc) is 2.88. The molecule has 0 bridgehead atoms. The molecule has 7 nitrogen and oxygen atoms in total. The molecule has 0 unspecified atom stereocenters. The zero-order valence-electron chi connectivity index (χ0n) is 19.9. The van der Waals surface area contributed by atoms with Gasteiger partial charge in [0.1, 0.15) is 0 Å². The largest absolute Gasteiger partial charge is 0.380 e. The Morgan fingerprint density at radius 3 is 2.19 bits per heavy atom. The Bertz CT molecular complexity index is 1240. The highest BCUT2D eigenvalue weighted by Crippen LogP contribution is 2.31. The SMILES string of the molecule is NCCOCCc1cc(Cl)ccc1S(=O)(=O)N(c1ccccc1)N1CCN(c2ccc(Cl)cc2)CC1. The number of hydrogen-bond donors (Lipinski definition) is 1. The average molecular weight is 550 g/mol. The van der Waals surface area contributed by atoms with E-state index >= 15 is 0 Å². The van der Waals surface area contributed by atoms with Gasteiger partial charge < -0.3 is 15.4 Å². The predicted molar refractivity (Wildman–Crippen MR) is 146 cm³/mol. The van der Waals surface area contributed by atoms with Crippen LogP contribution in [0.5, 0.6) is 0 Å². The molecule has 1 aliphatic heterocycles. The van der Waals surface area contributed by atoms with Crippen molar-refractivity contribution in [3.05, 3.63) is 88.4 Å². The third kappa shape index (κ3) is 6.32. The number of nitrogens with two attached hydrogens (primary N) is 1. The predicted octanol–water partition coefficient (Wildman–Crippen LogP) is 4.44. The zero-order chi connectivity index (χ0) is 25.5. The van der Waals surface area contributed by atoms with E-state index in [0.717, 1.165) is 5.69 Å². The molecule has 0 amide bonds. The first-order valence-corrected chi connectivity index (χ1v) is 14.0. The van der Waals surface area contributed by atoms with Crippen molar-refractivity contribution in [3.63, 3.8) is 0 Å². The van der Waals surface area contributed by atoms with E-state index in [4.69, 9.17) is 33.7 Å². The summed E-state index contributed by atoms with van der Waals surface area (Å²) in [6.45, 7) is 3.56. The van der Waals surface area contributed by atoms with E-state index in [2.05, 4.69) is 4.90 Å². The van der Waals surface area contributed by atoms with Gasteiger partial charge in [-0.2, -0.15) is 12.8 Å². The van der Waals surface area contributed by atoms with E-state index in [9.17, 15) is 8.42 Å². The van der Waals surface area contributed by atoms with Gasteiger partial charge in [-0.25, -0.2) is 5.01 Å². The van der Waals surface area contributed by atoms with Gasteiger partial charge in [0.25, 0.3) is 10.0 Å². The van der Waals surface area contributed by atoms with Crippen LogP contribution in [0.3, 0.4) is 0 Å². The third-order valence-electron chi connectivity index (χ3n) is 5.99. The smallest absolute Gasteiger partial charge is 0.278 e. The van der Waals surface area contributed by atoms with Gasteiger partial charge >= 0.3 is 0 Å². The van der Waals surface area contributed by atoms with Crippen LogP contribution < -0.4 is 15.0 Å². The number of rotatable bonds is 10. The van der Waals surface area contributed by atoms with Gasteiger partial charge in [0, 0.05) is 48.5 Å². The molecule has 0 aromatic heterocycles. The van der Waals surface area contributed by atoms with E-state index < -0.39 is 10.0 Å². The second-order valence-electron chi connectivity index (χ2n) is 8.40. The maximum absolute atomic E-state index is 14.2. The van der Waals surface area contributed by atoms with Crippen molar-refractivity contribution < 1.29 is 13.2 Å². The Morgan fingerprint density at radius 2 is 1.53 bits per heavy atom. The van der Waals surface area contributed by atoms with Crippen LogP contribution in [0.25, 0.3) is 0 Å². The van der Waals surface area contributed by atoms with Gasteiger partial charge in [-0.05, 0) is 66.6 Å². The number of ether oxygens (including phenoxy) is 1. The van der Waals surface area contributed by atoms with Crippen LogP contribution in [-0.2, 0) is 21.2 Å². The highest BCUT2D eigenvalue weighted by Gasteiger charge is 2.34. The number of benzene rings is 3. The number of sulfonamides is 1. The monoisotopic (exact) mass is 548 g/mol. The summed E-state index contributed by atoms with van der Waals surface area (Å²) in [5.74, 6) is 0. The molecule has 0 saturated carbocycles. The summed E-state index contributed by atoms with van der Waals surface area (Å²) in [6.07, 6.45) is 0.405. The molecular formula is C26H30Cl2N4O3S. The number of hydrazine groups is 1. The summed E-state index contributed by atoms with van der Waals surface area (Å²) in [4.78, 5) is 2.44. The van der Waals surface area contributed by atoms with Crippen molar-refractivity contribution in [1.29, 1.82) is 0 Å². The van der Waals surface area contributed by atoms with Gasteiger partial charge in [0.2, 0.25) is 0 Å².